The van der Waals surface area contributed by atoms with E-state index in [0.29, 0.717) is 12.1 Å². The molecule has 3 saturated heterocycles. The topological polar surface area (TPSA) is 115 Å². The third-order valence-corrected chi connectivity index (χ3v) is 5.89. The molecule has 1 aromatic rings. The van der Waals surface area contributed by atoms with Crippen LogP contribution in [0.25, 0.3) is 0 Å². The fraction of sp³-hybridized carbons (Fsp3) is 0.500. The van der Waals surface area contributed by atoms with Gasteiger partial charge in [-0.3, -0.25) is 33.3 Å². The quantitative estimate of drug-likeness (QED) is 0.279. The van der Waals surface area contributed by atoms with E-state index in [1.54, 1.807) is 24.5 Å². The number of hydrogen-bond donors (Lipinski definition) is 0. The number of esters is 2. The van der Waals surface area contributed by atoms with Crippen LogP contribution in [0.15, 0.2) is 24.4 Å². The van der Waals surface area contributed by atoms with Gasteiger partial charge in [0.25, 0.3) is 11.8 Å². The van der Waals surface area contributed by atoms with E-state index in [9.17, 15) is 19.2 Å². The number of pyridine rings is 1. The van der Waals surface area contributed by atoms with Crippen LogP contribution < -0.4 is 29.6 Å². The number of carbonyl (C=O) groups is 4. The number of cyclic esters (lactones) is 2. The minimum Gasteiger partial charge on any atom is -1.00 e. The van der Waals surface area contributed by atoms with E-state index in [1.165, 1.54) is 10.5 Å². The molecule has 0 bridgehead atoms. The molecule has 1 aromatic heterocycles. The molecule has 3 aliphatic heterocycles. The van der Waals surface area contributed by atoms with Crippen LogP contribution >= 0.6 is 11.9 Å². The molecule has 12 heteroatoms. The molecule has 2 amide bonds. The molecule has 2 unspecified atom stereocenters. The van der Waals surface area contributed by atoms with Crippen molar-refractivity contribution in [1.82, 2.24) is 14.4 Å². The number of ether oxygens (including phenoxy) is 2. The molecule has 0 aliphatic carbocycles. The number of carbonyl (C=O) groups excluding carboxylic acids is 4. The molecule has 30 heavy (non-hydrogen) atoms. The predicted molar refractivity (Wildman–Crippen MR) is 98.4 cm³/mol. The summed E-state index contributed by atoms with van der Waals surface area (Å²) in [6, 6.07) is 4.07. The maximum absolute atomic E-state index is 13.5. The molecule has 0 saturated carbocycles. The number of hydrogen-bond acceptors (Lipinski definition) is 9. The molecule has 3 aliphatic rings. The minimum absolute atomic E-state index is 0. The first-order chi connectivity index (χ1) is 14.0. The van der Waals surface area contributed by atoms with Crippen LogP contribution in [0.2, 0.25) is 0 Å². The number of rotatable bonds is 5. The Morgan fingerprint density at radius 1 is 1.30 bits per heavy atom. The second kappa shape index (κ2) is 9.23. The number of nitrogens with zero attached hydrogens (tertiary/aromatic N) is 3. The first kappa shape index (κ1) is 23.0. The molecule has 156 valence electrons. The van der Waals surface area contributed by atoms with E-state index < -0.39 is 41.6 Å². The first-order valence-corrected chi connectivity index (χ1v) is 10.3. The summed E-state index contributed by atoms with van der Waals surface area (Å²) in [5.41, 5.74) is -1.28. The van der Waals surface area contributed by atoms with Crippen LogP contribution in [0, 0.1) is 0 Å². The number of hydroxylamine groups is 2. The smallest absolute Gasteiger partial charge is 1.00 e. The second-order valence-electron chi connectivity index (χ2n) is 6.79. The third-order valence-electron chi connectivity index (χ3n) is 5.07. The molecule has 4 rings (SSSR count). The van der Waals surface area contributed by atoms with Crippen molar-refractivity contribution in [3.63, 3.8) is 0 Å². The summed E-state index contributed by atoms with van der Waals surface area (Å²) in [5.74, 6) is -1.95. The summed E-state index contributed by atoms with van der Waals surface area (Å²) in [6.45, 7) is -0.0916. The van der Waals surface area contributed by atoms with Crippen molar-refractivity contribution in [2.45, 2.75) is 43.6 Å². The maximum Gasteiger partial charge on any atom is 1.00 e. The SMILES string of the molecule is CSN(C(=O)C1(c2ccccn2)CCC(=O)O1)[C@H]1CON(C2CCC(=O)O2)C1=O.[H-].[Na+]. The van der Waals surface area contributed by atoms with Gasteiger partial charge in [0, 0.05) is 25.3 Å². The zero-order chi connectivity index (χ0) is 20.6. The van der Waals surface area contributed by atoms with E-state index >= 15 is 0 Å². The summed E-state index contributed by atoms with van der Waals surface area (Å²) < 4.78 is 11.8. The van der Waals surface area contributed by atoms with Crippen LogP contribution in [0.3, 0.4) is 0 Å². The normalized spacial score (nSPS) is 28.2. The molecule has 3 atom stereocenters. The minimum atomic E-state index is -1.59. The van der Waals surface area contributed by atoms with Gasteiger partial charge in [-0.1, -0.05) is 6.07 Å². The Hall–Kier alpha value is -1.66. The van der Waals surface area contributed by atoms with Crippen LogP contribution in [0.4, 0.5) is 0 Å². The van der Waals surface area contributed by atoms with E-state index in [0.717, 1.165) is 17.0 Å². The Kier molecular flexibility index (Phi) is 7.08. The monoisotopic (exact) mass is 445 g/mol. The van der Waals surface area contributed by atoms with Gasteiger partial charge >= 0.3 is 41.5 Å². The van der Waals surface area contributed by atoms with Gasteiger partial charge in [-0.2, -0.15) is 5.06 Å². The summed E-state index contributed by atoms with van der Waals surface area (Å²) >= 11 is 1.03. The van der Waals surface area contributed by atoms with E-state index in [1.807, 2.05) is 0 Å². The Labute approximate surface area is 200 Å². The van der Waals surface area contributed by atoms with Gasteiger partial charge in [0.2, 0.25) is 11.8 Å². The molecule has 4 heterocycles. The molecule has 0 aromatic carbocycles. The fourth-order valence-corrected chi connectivity index (χ4v) is 4.37. The maximum atomic E-state index is 13.5. The number of amides is 2. The predicted octanol–water partition coefficient (Wildman–Crippen LogP) is -2.36. The Morgan fingerprint density at radius 2 is 2.10 bits per heavy atom. The van der Waals surface area contributed by atoms with Gasteiger partial charge in [-0.05, 0) is 24.1 Å². The number of aromatic nitrogens is 1. The van der Waals surface area contributed by atoms with Crippen molar-refractivity contribution in [3.05, 3.63) is 30.1 Å². The first-order valence-electron chi connectivity index (χ1n) is 9.13. The van der Waals surface area contributed by atoms with E-state index in [-0.39, 0.29) is 56.9 Å². The van der Waals surface area contributed by atoms with Gasteiger partial charge < -0.3 is 10.9 Å². The van der Waals surface area contributed by atoms with Crippen molar-refractivity contribution in [2.24, 2.45) is 0 Å². The summed E-state index contributed by atoms with van der Waals surface area (Å²) in [4.78, 5) is 59.4. The molecule has 10 nitrogen and oxygen atoms in total. The van der Waals surface area contributed by atoms with Gasteiger partial charge in [-0.25, -0.2) is 0 Å². The molecule has 0 radical (unpaired) electrons. The van der Waals surface area contributed by atoms with Crippen LogP contribution in [-0.4, -0.2) is 63.2 Å². The zero-order valence-corrected chi connectivity index (χ0v) is 19.4. The van der Waals surface area contributed by atoms with E-state index in [2.05, 4.69) is 4.98 Å². The van der Waals surface area contributed by atoms with E-state index in [4.69, 9.17) is 14.3 Å². The molecule has 3 fully saturated rings. The second-order valence-corrected chi connectivity index (χ2v) is 7.55. The molecule has 0 N–H and O–H groups in total. The summed E-state index contributed by atoms with van der Waals surface area (Å²) in [5, 5.41) is 1.01. The molecular formula is C18H20N3NaO7S. The average Bonchev–Trinajstić information content (AvgIpc) is 3.43. The van der Waals surface area contributed by atoms with Gasteiger partial charge in [0.1, 0.15) is 6.61 Å². The Bertz CT molecular complexity index is 864. The summed E-state index contributed by atoms with van der Waals surface area (Å²) in [6.07, 6.45) is 3.10. The Morgan fingerprint density at radius 3 is 2.67 bits per heavy atom. The van der Waals surface area contributed by atoms with Crippen molar-refractivity contribution in [1.29, 1.82) is 0 Å². The average molecular weight is 445 g/mol. The zero-order valence-electron chi connectivity index (χ0n) is 17.6. The van der Waals surface area contributed by atoms with Crippen molar-refractivity contribution in [2.75, 3.05) is 12.9 Å². The van der Waals surface area contributed by atoms with Crippen molar-refractivity contribution in [3.8, 4) is 0 Å². The summed E-state index contributed by atoms with van der Waals surface area (Å²) in [7, 11) is 0. The Balaban J connectivity index is 0.00000171. The van der Waals surface area contributed by atoms with Gasteiger partial charge in [-0.15, -0.1) is 0 Å². The van der Waals surface area contributed by atoms with Crippen LogP contribution in [0.5, 0.6) is 0 Å². The van der Waals surface area contributed by atoms with Crippen molar-refractivity contribution >= 4 is 35.7 Å². The molecule has 0 spiro atoms. The third kappa shape index (κ3) is 3.96. The van der Waals surface area contributed by atoms with Crippen LogP contribution in [0.1, 0.15) is 32.8 Å². The van der Waals surface area contributed by atoms with Gasteiger partial charge in [0.15, 0.2) is 6.04 Å². The standard InChI is InChI=1S/C18H19N3O7S.Na.H/c1-29-21(11-10-26-20(16(11)24)13-5-6-14(22)27-13)17(25)18(8-7-15(23)28-18)12-4-2-3-9-19-12;;/h2-4,9,11,13H,5-8,10H2,1H3;;/q;+1;-1/t11-,13?,18?;;/m0../s1. The van der Waals surface area contributed by atoms with Crippen molar-refractivity contribution < 1.29 is 64.5 Å². The van der Waals surface area contributed by atoms with Gasteiger partial charge in [0.05, 0.1) is 18.5 Å². The molecular weight excluding hydrogens is 425 g/mol. The largest absolute Gasteiger partial charge is 1.00 e. The van der Waals surface area contributed by atoms with Crippen LogP contribution in [-0.2, 0) is 39.1 Å². The fourth-order valence-electron chi connectivity index (χ4n) is 3.65.